The summed E-state index contributed by atoms with van der Waals surface area (Å²) in [4.78, 5) is 13.2. The van der Waals surface area contributed by atoms with Crippen LogP contribution in [0.25, 0.3) is 10.4 Å². The molecule has 0 bridgehead atoms. The summed E-state index contributed by atoms with van der Waals surface area (Å²) in [6.07, 6.45) is 1.60. The number of hydroxylamine groups is 1. The fourth-order valence-electron chi connectivity index (χ4n) is 3.62. The number of nitrogens with one attached hydrogen (secondary N) is 2. The Hall–Kier alpha value is -3.78. The molecule has 194 valence electrons. The van der Waals surface area contributed by atoms with Gasteiger partial charge in [-0.3, -0.25) is 10.0 Å². The molecule has 1 unspecified atom stereocenters. The van der Waals surface area contributed by atoms with Gasteiger partial charge in [-0.15, -0.1) is 16.4 Å². The van der Waals surface area contributed by atoms with Crippen LogP contribution in [0, 0.1) is 0 Å². The second-order valence-corrected chi connectivity index (χ2v) is 11.0. The van der Waals surface area contributed by atoms with E-state index in [9.17, 15) is 18.4 Å². The van der Waals surface area contributed by atoms with E-state index in [0.717, 1.165) is 27.3 Å². The van der Waals surface area contributed by atoms with Crippen molar-refractivity contribution in [3.05, 3.63) is 78.1 Å². The highest BCUT2D eigenvalue weighted by Crippen LogP contribution is 2.31. The van der Waals surface area contributed by atoms with Crippen LogP contribution in [0.15, 0.2) is 71.1 Å². The zero-order chi connectivity index (χ0) is 26.4. The van der Waals surface area contributed by atoms with Gasteiger partial charge in [0.2, 0.25) is 10.0 Å². The molecular formula is C24H25N5O6S2. The quantitative estimate of drug-likeness (QED) is 0.193. The number of thiophene rings is 1. The number of benzene rings is 2. The summed E-state index contributed by atoms with van der Waals surface area (Å²) in [5.74, 6) is 0.311. The van der Waals surface area contributed by atoms with Crippen molar-refractivity contribution < 1.29 is 27.9 Å². The van der Waals surface area contributed by atoms with Crippen LogP contribution in [0.2, 0.25) is 0 Å². The number of carbonyl (C=O) groups excluding carboxylic acids is 1. The Kier molecular flexibility index (Phi) is 8.18. The maximum atomic E-state index is 12.8. The summed E-state index contributed by atoms with van der Waals surface area (Å²) in [7, 11) is -0.772. The van der Waals surface area contributed by atoms with E-state index in [1.807, 2.05) is 30.3 Å². The van der Waals surface area contributed by atoms with Crippen LogP contribution in [0.4, 0.5) is 0 Å². The third-order valence-electron chi connectivity index (χ3n) is 5.51. The number of sulfonamides is 1. The summed E-state index contributed by atoms with van der Waals surface area (Å²) in [5.41, 5.74) is 3.59. The van der Waals surface area contributed by atoms with Crippen molar-refractivity contribution in [3.63, 3.8) is 0 Å². The first-order valence-corrected chi connectivity index (χ1v) is 13.3. The van der Waals surface area contributed by atoms with Gasteiger partial charge in [-0.1, -0.05) is 41.6 Å². The third kappa shape index (κ3) is 6.14. The van der Waals surface area contributed by atoms with Crippen LogP contribution < -0.4 is 19.7 Å². The Morgan fingerprint density at radius 2 is 1.84 bits per heavy atom. The summed E-state index contributed by atoms with van der Waals surface area (Å²) >= 11 is 1.16. The SMILES string of the molecule is COc1ccc(CC(C(=O)NO)n2cc(CNS(=O)(=O)c3ccc(-c4ccccc4)s3)nn2)cc1OC. The molecule has 0 spiro atoms. The molecule has 2 heterocycles. The van der Waals surface area contributed by atoms with Crippen molar-refractivity contribution in [1.29, 1.82) is 0 Å². The second-order valence-electron chi connectivity index (χ2n) is 7.88. The molecule has 0 fully saturated rings. The maximum Gasteiger partial charge on any atom is 0.268 e. The minimum atomic E-state index is -3.79. The number of carbonyl (C=O) groups is 1. The monoisotopic (exact) mass is 543 g/mol. The average molecular weight is 544 g/mol. The van der Waals surface area contributed by atoms with Crippen LogP contribution in [0.1, 0.15) is 17.3 Å². The molecule has 0 aliphatic carbocycles. The minimum Gasteiger partial charge on any atom is -0.493 e. The van der Waals surface area contributed by atoms with Crippen molar-refractivity contribution in [2.45, 2.75) is 23.2 Å². The number of hydrogen-bond donors (Lipinski definition) is 3. The maximum absolute atomic E-state index is 12.8. The summed E-state index contributed by atoms with van der Waals surface area (Å²) in [6.45, 7) is -0.134. The number of aromatic nitrogens is 3. The molecule has 1 atom stereocenters. The van der Waals surface area contributed by atoms with Crippen molar-refractivity contribution >= 4 is 27.3 Å². The van der Waals surface area contributed by atoms with Gasteiger partial charge in [0.15, 0.2) is 11.5 Å². The highest BCUT2D eigenvalue weighted by molar-refractivity contribution is 7.91. The van der Waals surface area contributed by atoms with Crippen LogP contribution in [0.5, 0.6) is 11.5 Å². The minimum absolute atomic E-state index is 0.134. The first kappa shape index (κ1) is 26.3. The second kappa shape index (κ2) is 11.5. The zero-order valence-electron chi connectivity index (χ0n) is 20.0. The first-order valence-electron chi connectivity index (χ1n) is 11.0. The highest BCUT2D eigenvalue weighted by Gasteiger charge is 2.24. The molecule has 0 aliphatic heterocycles. The predicted molar refractivity (Wildman–Crippen MR) is 136 cm³/mol. The van der Waals surface area contributed by atoms with Gasteiger partial charge in [-0.05, 0) is 35.4 Å². The van der Waals surface area contributed by atoms with Crippen molar-refractivity contribution in [1.82, 2.24) is 25.2 Å². The summed E-state index contributed by atoms with van der Waals surface area (Å²) in [6, 6.07) is 17.0. The lowest BCUT2D eigenvalue weighted by molar-refractivity contribution is -0.133. The lowest BCUT2D eigenvalue weighted by Gasteiger charge is -2.16. The molecule has 0 saturated carbocycles. The normalized spacial score (nSPS) is 12.2. The topological polar surface area (TPSA) is 145 Å². The van der Waals surface area contributed by atoms with E-state index in [1.54, 1.807) is 35.8 Å². The van der Waals surface area contributed by atoms with Gasteiger partial charge in [0, 0.05) is 11.3 Å². The van der Waals surface area contributed by atoms with E-state index in [2.05, 4.69) is 15.0 Å². The van der Waals surface area contributed by atoms with E-state index < -0.39 is 22.0 Å². The van der Waals surface area contributed by atoms with E-state index in [0.29, 0.717) is 17.2 Å². The molecule has 4 rings (SSSR count). The largest absolute Gasteiger partial charge is 0.493 e. The van der Waals surface area contributed by atoms with Gasteiger partial charge in [-0.2, -0.15) is 0 Å². The Bertz CT molecular complexity index is 1470. The molecular weight excluding hydrogens is 518 g/mol. The van der Waals surface area contributed by atoms with Gasteiger partial charge >= 0.3 is 0 Å². The first-order chi connectivity index (χ1) is 17.8. The molecule has 0 saturated heterocycles. The third-order valence-corrected chi connectivity index (χ3v) is 8.54. The fraction of sp³-hybridized carbons (Fsp3) is 0.208. The molecule has 4 aromatic rings. The van der Waals surface area contributed by atoms with E-state index >= 15 is 0 Å². The lowest BCUT2D eigenvalue weighted by atomic mass is 10.0. The average Bonchev–Trinajstić information content (AvgIpc) is 3.61. The van der Waals surface area contributed by atoms with Crippen molar-refractivity contribution in [2.24, 2.45) is 0 Å². The number of hydrogen-bond acceptors (Lipinski definition) is 9. The van der Waals surface area contributed by atoms with E-state index in [4.69, 9.17) is 9.47 Å². The fourth-order valence-corrected chi connectivity index (χ4v) is 5.98. The zero-order valence-corrected chi connectivity index (χ0v) is 21.6. The van der Waals surface area contributed by atoms with Gasteiger partial charge in [-0.25, -0.2) is 23.3 Å². The van der Waals surface area contributed by atoms with Gasteiger partial charge < -0.3 is 9.47 Å². The Morgan fingerprint density at radius 1 is 1.08 bits per heavy atom. The molecule has 0 aliphatic rings. The Labute approximate surface area is 217 Å². The van der Waals surface area contributed by atoms with Crippen LogP contribution in [0.3, 0.4) is 0 Å². The molecule has 3 N–H and O–H groups in total. The van der Waals surface area contributed by atoms with Crippen LogP contribution >= 0.6 is 11.3 Å². The number of rotatable bonds is 11. The Balaban J connectivity index is 1.47. The Morgan fingerprint density at radius 3 is 2.54 bits per heavy atom. The lowest BCUT2D eigenvalue weighted by Crippen LogP contribution is -2.32. The highest BCUT2D eigenvalue weighted by atomic mass is 32.2. The van der Waals surface area contributed by atoms with E-state index in [1.165, 1.54) is 25.1 Å². The number of methoxy groups -OCH3 is 2. The summed E-state index contributed by atoms with van der Waals surface area (Å²) in [5, 5.41) is 17.2. The molecule has 2 aromatic heterocycles. The molecule has 11 nitrogen and oxygen atoms in total. The summed E-state index contributed by atoms with van der Waals surface area (Å²) < 4.78 is 40.1. The predicted octanol–water partition coefficient (Wildman–Crippen LogP) is 2.79. The molecule has 13 heteroatoms. The number of ether oxygens (including phenoxy) is 2. The van der Waals surface area contributed by atoms with Crippen LogP contribution in [-0.4, -0.2) is 48.7 Å². The molecule has 1 amide bonds. The van der Waals surface area contributed by atoms with E-state index in [-0.39, 0.29) is 17.2 Å². The molecule has 37 heavy (non-hydrogen) atoms. The van der Waals surface area contributed by atoms with Crippen LogP contribution in [-0.2, 0) is 27.8 Å². The number of amides is 1. The van der Waals surface area contributed by atoms with Crippen molar-refractivity contribution in [3.8, 4) is 21.9 Å². The van der Waals surface area contributed by atoms with Gasteiger partial charge in [0.25, 0.3) is 5.91 Å². The van der Waals surface area contributed by atoms with Gasteiger partial charge in [0.1, 0.15) is 10.3 Å². The van der Waals surface area contributed by atoms with Crippen molar-refractivity contribution in [2.75, 3.05) is 14.2 Å². The standard InChI is InChI=1S/C24H25N5O6S2/c1-34-20-9-8-16(13-21(20)35-2)12-19(24(30)27-31)29-15-18(26-28-29)14-25-37(32,33)23-11-10-22(36-23)17-6-4-3-5-7-17/h3-11,13,15,19,25,31H,12,14H2,1-2H3,(H,27,30). The smallest absolute Gasteiger partial charge is 0.268 e. The number of nitrogens with zero attached hydrogens (tertiary/aromatic N) is 3. The molecule has 0 radical (unpaired) electrons. The molecule has 2 aromatic carbocycles. The van der Waals surface area contributed by atoms with Gasteiger partial charge in [0.05, 0.1) is 32.7 Å².